The van der Waals surface area contributed by atoms with Gasteiger partial charge in [-0.15, -0.1) is 0 Å². The van der Waals surface area contributed by atoms with Crippen molar-refractivity contribution in [3.63, 3.8) is 0 Å². The summed E-state index contributed by atoms with van der Waals surface area (Å²) in [6.07, 6.45) is 1.38. The molecular formula is C21H13Cl2FN2O3. The molecule has 8 heteroatoms. The van der Waals surface area contributed by atoms with E-state index >= 15 is 0 Å². The highest BCUT2D eigenvalue weighted by molar-refractivity contribution is 6.36. The van der Waals surface area contributed by atoms with E-state index in [0.29, 0.717) is 10.6 Å². The minimum Gasteiger partial charge on any atom is -0.423 e. The largest absolute Gasteiger partial charge is 0.423 e. The van der Waals surface area contributed by atoms with Gasteiger partial charge in [0.25, 0.3) is 5.91 Å². The maximum absolute atomic E-state index is 12.9. The van der Waals surface area contributed by atoms with Crippen LogP contribution in [0.5, 0.6) is 5.75 Å². The van der Waals surface area contributed by atoms with E-state index in [1.165, 1.54) is 48.7 Å². The van der Waals surface area contributed by atoms with Gasteiger partial charge in [-0.05, 0) is 60.2 Å². The number of ether oxygens (including phenoxy) is 1. The number of carbonyl (C=O) groups is 2. The van der Waals surface area contributed by atoms with Gasteiger partial charge in [-0.2, -0.15) is 5.10 Å². The van der Waals surface area contributed by atoms with Crippen molar-refractivity contribution in [3.05, 3.63) is 99.3 Å². The summed E-state index contributed by atoms with van der Waals surface area (Å²) in [5.74, 6) is -1.28. The van der Waals surface area contributed by atoms with Gasteiger partial charge in [-0.1, -0.05) is 35.3 Å². The number of rotatable bonds is 5. The van der Waals surface area contributed by atoms with Gasteiger partial charge in [0.15, 0.2) is 0 Å². The molecule has 3 rings (SSSR count). The van der Waals surface area contributed by atoms with Crippen LogP contribution >= 0.6 is 23.2 Å². The summed E-state index contributed by atoms with van der Waals surface area (Å²) in [5, 5.41) is 4.44. The Labute approximate surface area is 175 Å². The number of benzene rings is 3. The molecule has 3 aromatic rings. The Hall–Kier alpha value is -3.22. The van der Waals surface area contributed by atoms with Crippen molar-refractivity contribution in [1.82, 2.24) is 5.43 Å². The molecule has 0 fully saturated rings. The predicted octanol–water partition coefficient (Wildman–Crippen LogP) is 5.12. The first-order valence-corrected chi connectivity index (χ1v) is 9.04. The molecule has 0 saturated heterocycles. The van der Waals surface area contributed by atoms with Crippen LogP contribution < -0.4 is 10.2 Å². The van der Waals surface area contributed by atoms with E-state index in [0.717, 1.165) is 0 Å². The van der Waals surface area contributed by atoms with E-state index in [2.05, 4.69) is 10.5 Å². The third kappa shape index (κ3) is 5.63. The summed E-state index contributed by atoms with van der Waals surface area (Å²) in [6, 6.07) is 16.1. The molecule has 5 nitrogen and oxygen atoms in total. The molecular weight excluding hydrogens is 418 g/mol. The fourth-order valence-corrected chi connectivity index (χ4v) is 2.79. The highest BCUT2D eigenvalue weighted by Crippen LogP contribution is 2.23. The average Bonchev–Trinajstić information content (AvgIpc) is 2.68. The number of halogens is 3. The second-order valence-corrected chi connectivity index (χ2v) is 6.64. The highest BCUT2D eigenvalue weighted by atomic mass is 35.5. The van der Waals surface area contributed by atoms with Crippen LogP contribution in [0.4, 0.5) is 4.39 Å². The smallest absolute Gasteiger partial charge is 0.345 e. The number of hydrazone groups is 1. The van der Waals surface area contributed by atoms with Crippen molar-refractivity contribution < 1.29 is 18.7 Å². The number of carbonyl (C=O) groups excluding carboxylic acids is 2. The molecule has 0 spiro atoms. The lowest BCUT2D eigenvalue weighted by atomic mass is 10.2. The second-order valence-electron chi connectivity index (χ2n) is 5.79. The summed E-state index contributed by atoms with van der Waals surface area (Å²) in [7, 11) is 0. The molecule has 0 radical (unpaired) electrons. The summed E-state index contributed by atoms with van der Waals surface area (Å²) >= 11 is 11.8. The van der Waals surface area contributed by atoms with E-state index in [4.69, 9.17) is 27.9 Å². The Morgan fingerprint density at radius 3 is 2.48 bits per heavy atom. The third-order valence-corrected chi connectivity index (χ3v) is 4.25. The fraction of sp³-hybridized carbons (Fsp3) is 0. The number of amides is 1. The van der Waals surface area contributed by atoms with Gasteiger partial charge in [-0.3, -0.25) is 4.79 Å². The fourth-order valence-electron chi connectivity index (χ4n) is 2.31. The molecule has 0 saturated carbocycles. The topological polar surface area (TPSA) is 67.8 Å². The molecule has 0 heterocycles. The molecule has 29 heavy (non-hydrogen) atoms. The lowest BCUT2D eigenvalue weighted by Gasteiger charge is -2.07. The summed E-state index contributed by atoms with van der Waals surface area (Å²) in [4.78, 5) is 24.2. The molecule has 146 valence electrons. The third-order valence-electron chi connectivity index (χ3n) is 3.71. The molecule has 0 aliphatic heterocycles. The van der Waals surface area contributed by atoms with Crippen molar-refractivity contribution in [2.24, 2.45) is 5.10 Å². The predicted molar refractivity (Wildman–Crippen MR) is 109 cm³/mol. The Balaban J connectivity index is 1.64. The van der Waals surface area contributed by atoms with Crippen LogP contribution in [0.3, 0.4) is 0 Å². The molecule has 1 amide bonds. The van der Waals surface area contributed by atoms with Crippen molar-refractivity contribution in [1.29, 1.82) is 0 Å². The van der Waals surface area contributed by atoms with Crippen molar-refractivity contribution in [3.8, 4) is 5.75 Å². The minimum absolute atomic E-state index is 0.182. The van der Waals surface area contributed by atoms with E-state index in [1.807, 2.05) is 0 Å². The zero-order valence-corrected chi connectivity index (χ0v) is 16.2. The number of hydrogen-bond donors (Lipinski definition) is 1. The number of hydrogen-bond acceptors (Lipinski definition) is 4. The van der Waals surface area contributed by atoms with Crippen molar-refractivity contribution in [2.45, 2.75) is 0 Å². The van der Waals surface area contributed by atoms with Crippen LogP contribution in [0, 0.1) is 5.82 Å². The molecule has 0 aromatic heterocycles. The number of nitrogens with one attached hydrogen (secondary N) is 1. The zero-order valence-electron chi connectivity index (χ0n) is 14.7. The Morgan fingerprint density at radius 1 is 1.00 bits per heavy atom. The summed E-state index contributed by atoms with van der Waals surface area (Å²) in [6.45, 7) is 0. The normalized spacial score (nSPS) is 10.7. The Kier molecular flexibility index (Phi) is 6.59. The van der Waals surface area contributed by atoms with E-state index in [-0.39, 0.29) is 21.9 Å². The number of nitrogens with zero attached hydrogens (tertiary/aromatic N) is 1. The minimum atomic E-state index is -0.634. The maximum Gasteiger partial charge on any atom is 0.345 e. The van der Waals surface area contributed by atoms with Crippen LogP contribution in [0.2, 0.25) is 10.0 Å². The van der Waals surface area contributed by atoms with E-state index in [1.54, 1.807) is 24.3 Å². The van der Waals surface area contributed by atoms with Crippen LogP contribution in [-0.2, 0) is 0 Å². The van der Waals surface area contributed by atoms with Crippen molar-refractivity contribution >= 4 is 41.3 Å². The van der Waals surface area contributed by atoms with Gasteiger partial charge in [0.2, 0.25) is 0 Å². The van der Waals surface area contributed by atoms with Crippen LogP contribution in [0.1, 0.15) is 26.3 Å². The van der Waals surface area contributed by atoms with Gasteiger partial charge < -0.3 is 4.74 Å². The maximum atomic E-state index is 12.9. The molecule has 0 aliphatic rings. The van der Waals surface area contributed by atoms with Gasteiger partial charge in [0.05, 0.1) is 16.8 Å². The lowest BCUT2D eigenvalue weighted by Crippen LogP contribution is -2.17. The summed E-state index contributed by atoms with van der Waals surface area (Å²) in [5.41, 5.74) is 3.37. The van der Waals surface area contributed by atoms with E-state index in [9.17, 15) is 14.0 Å². The monoisotopic (exact) mass is 430 g/mol. The first kappa shape index (κ1) is 20.5. The molecule has 0 aliphatic carbocycles. The standard InChI is InChI=1S/C21H13Cl2FN2O3/c22-15-6-9-18(19(23)11-15)21(28)29-17-3-1-2-13(10-17)12-25-26-20(27)14-4-7-16(24)8-5-14/h1-12H,(H,26,27)/b25-12+. The molecule has 3 aromatic carbocycles. The molecule has 0 unspecified atom stereocenters. The first-order valence-electron chi connectivity index (χ1n) is 8.28. The van der Waals surface area contributed by atoms with E-state index < -0.39 is 17.7 Å². The first-order chi connectivity index (χ1) is 13.9. The number of esters is 1. The highest BCUT2D eigenvalue weighted by Gasteiger charge is 2.13. The quantitative estimate of drug-likeness (QED) is 0.264. The van der Waals surface area contributed by atoms with Crippen LogP contribution in [0.15, 0.2) is 71.8 Å². The SMILES string of the molecule is O=C(N/N=C/c1cccc(OC(=O)c2ccc(Cl)cc2Cl)c1)c1ccc(F)cc1. The molecule has 1 N–H and O–H groups in total. The zero-order chi connectivity index (χ0) is 20.8. The van der Waals surface area contributed by atoms with Gasteiger partial charge in [-0.25, -0.2) is 14.6 Å². The molecule has 0 atom stereocenters. The Bertz CT molecular complexity index is 1090. The van der Waals surface area contributed by atoms with Gasteiger partial charge in [0.1, 0.15) is 11.6 Å². The molecule has 0 bridgehead atoms. The average molecular weight is 431 g/mol. The lowest BCUT2D eigenvalue weighted by molar-refractivity contribution is 0.0734. The summed E-state index contributed by atoms with van der Waals surface area (Å²) < 4.78 is 18.2. The second kappa shape index (κ2) is 9.32. The van der Waals surface area contributed by atoms with Crippen LogP contribution in [0.25, 0.3) is 0 Å². The Morgan fingerprint density at radius 2 is 1.76 bits per heavy atom. The van der Waals surface area contributed by atoms with Gasteiger partial charge >= 0.3 is 5.97 Å². The van der Waals surface area contributed by atoms with Gasteiger partial charge in [0, 0.05) is 10.6 Å². The van der Waals surface area contributed by atoms with Crippen molar-refractivity contribution in [2.75, 3.05) is 0 Å². The van der Waals surface area contributed by atoms with Crippen LogP contribution in [-0.4, -0.2) is 18.1 Å².